The molecule has 6 heteroatoms. The molecule has 0 aliphatic heterocycles. The number of rotatable bonds is 6. The van der Waals surface area contributed by atoms with E-state index in [1.807, 2.05) is 16.8 Å². The molecule has 0 saturated carbocycles. The number of anilines is 1. The molecule has 0 spiro atoms. The van der Waals surface area contributed by atoms with Gasteiger partial charge in [-0.1, -0.05) is 18.3 Å². The molecule has 0 bridgehead atoms. The van der Waals surface area contributed by atoms with E-state index in [-0.39, 0.29) is 17.5 Å². The van der Waals surface area contributed by atoms with Crippen molar-refractivity contribution in [3.8, 4) is 5.75 Å². The third-order valence-corrected chi connectivity index (χ3v) is 3.29. The van der Waals surface area contributed by atoms with Gasteiger partial charge in [0, 0.05) is 11.8 Å². The Morgan fingerprint density at radius 3 is 2.95 bits per heavy atom. The molecule has 0 atom stereocenters. The minimum Gasteiger partial charge on any atom is -0.486 e. The van der Waals surface area contributed by atoms with Crippen LogP contribution in [0.15, 0.2) is 41.1 Å². The highest BCUT2D eigenvalue weighted by Crippen LogP contribution is 2.17. The Morgan fingerprint density at radius 2 is 2.25 bits per heavy atom. The first-order chi connectivity index (χ1) is 9.63. The van der Waals surface area contributed by atoms with Crippen LogP contribution in [0.2, 0.25) is 0 Å². The van der Waals surface area contributed by atoms with Gasteiger partial charge in [-0.15, -0.1) is 0 Å². The number of thiophene rings is 1. The van der Waals surface area contributed by atoms with Gasteiger partial charge in [0.25, 0.3) is 0 Å². The second-order valence-corrected chi connectivity index (χ2v) is 5.44. The van der Waals surface area contributed by atoms with Crippen molar-refractivity contribution in [2.45, 2.75) is 6.42 Å². The normalized spacial score (nSPS) is 10.0. The molecule has 104 valence electrons. The Hall–Kier alpha value is -1.92. The summed E-state index contributed by atoms with van der Waals surface area (Å²) in [6, 6.07) is 9.07. The first-order valence-corrected chi connectivity index (χ1v) is 7.30. The summed E-state index contributed by atoms with van der Waals surface area (Å²) in [7, 11) is 0. The molecular formula is C14H14N2O2S2. The maximum absolute atomic E-state index is 11.9. The Balaban J connectivity index is 1.93. The largest absolute Gasteiger partial charge is 0.486 e. The molecule has 20 heavy (non-hydrogen) atoms. The van der Waals surface area contributed by atoms with Crippen LogP contribution >= 0.6 is 23.6 Å². The number of carbonyl (C=O) groups excluding carboxylic acids is 1. The Morgan fingerprint density at radius 1 is 1.40 bits per heavy atom. The summed E-state index contributed by atoms with van der Waals surface area (Å²) in [6.07, 6.45) is 0.363. The van der Waals surface area contributed by atoms with Crippen LogP contribution in [0.1, 0.15) is 5.56 Å². The number of hydrogen-bond donors (Lipinski definition) is 2. The molecule has 1 aromatic heterocycles. The van der Waals surface area contributed by atoms with E-state index in [4.69, 9.17) is 22.7 Å². The molecule has 4 nitrogen and oxygen atoms in total. The fourth-order valence-corrected chi connectivity index (χ4v) is 2.33. The van der Waals surface area contributed by atoms with E-state index in [1.165, 1.54) is 0 Å². The van der Waals surface area contributed by atoms with Crippen LogP contribution in [0.5, 0.6) is 5.75 Å². The number of hydrogen-bond acceptors (Lipinski definition) is 4. The molecule has 0 saturated heterocycles. The van der Waals surface area contributed by atoms with Gasteiger partial charge in [0.15, 0.2) is 0 Å². The lowest BCUT2D eigenvalue weighted by atomic mass is 10.2. The van der Waals surface area contributed by atoms with Crippen molar-refractivity contribution in [1.29, 1.82) is 0 Å². The van der Waals surface area contributed by atoms with Gasteiger partial charge in [-0.3, -0.25) is 4.79 Å². The van der Waals surface area contributed by atoms with E-state index < -0.39 is 0 Å². The maximum Gasteiger partial charge on any atom is 0.228 e. The van der Waals surface area contributed by atoms with Gasteiger partial charge in [0.05, 0.1) is 6.42 Å². The molecule has 0 radical (unpaired) electrons. The number of nitrogens with two attached hydrogens (primary N) is 1. The molecule has 2 aromatic rings. The highest BCUT2D eigenvalue weighted by molar-refractivity contribution is 7.80. The second-order valence-electron chi connectivity index (χ2n) is 4.14. The van der Waals surface area contributed by atoms with Crippen LogP contribution in [-0.4, -0.2) is 17.5 Å². The Labute approximate surface area is 126 Å². The number of nitrogens with one attached hydrogen (secondary N) is 1. The van der Waals surface area contributed by atoms with Gasteiger partial charge < -0.3 is 15.8 Å². The van der Waals surface area contributed by atoms with E-state index in [1.54, 1.807) is 35.6 Å². The van der Waals surface area contributed by atoms with Crippen LogP contribution in [0, 0.1) is 0 Å². The zero-order valence-electron chi connectivity index (χ0n) is 10.7. The van der Waals surface area contributed by atoms with Crippen LogP contribution in [-0.2, 0) is 11.2 Å². The first kappa shape index (κ1) is 14.5. The van der Waals surface area contributed by atoms with E-state index in [0.717, 1.165) is 5.56 Å². The monoisotopic (exact) mass is 306 g/mol. The molecule has 0 aliphatic rings. The van der Waals surface area contributed by atoms with Gasteiger partial charge in [0.2, 0.25) is 5.91 Å². The molecule has 2 rings (SSSR count). The van der Waals surface area contributed by atoms with Gasteiger partial charge in [-0.25, -0.2) is 0 Å². The lowest BCUT2D eigenvalue weighted by Gasteiger charge is -2.08. The van der Waals surface area contributed by atoms with Crippen LogP contribution < -0.4 is 15.8 Å². The van der Waals surface area contributed by atoms with Crippen LogP contribution in [0.4, 0.5) is 5.69 Å². The molecule has 3 N–H and O–H groups in total. The molecular weight excluding hydrogens is 292 g/mol. The first-order valence-electron chi connectivity index (χ1n) is 5.95. The molecule has 1 aromatic carbocycles. The minimum atomic E-state index is -0.0603. The van der Waals surface area contributed by atoms with E-state index in [2.05, 4.69) is 5.32 Å². The number of benzene rings is 1. The predicted octanol–water partition coefficient (Wildman–Crippen LogP) is 2.59. The number of ether oxygens (including phenoxy) is 1. The lowest BCUT2D eigenvalue weighted by molar-refractivity contribution is -0.115. The average molecular weight is 306 g/mol. The maximum atomic E-state index is 11.9. The fraction of sp³-hybridized carbons (Fsp3) is 0.143. The van der Waals surface area contributed by atoms with E-state index in [0.29, 0.717) is 17.9 Å². The van der Waals surface area contributed by atoms with Crippen molar-refractivity contribution in [2.24, 2.45) is 5.73 Å². The average Bonchev–Trinajstić information content (AvgIpc) is 2.89. The zero-order valence-corrected chi connectivity index (χ0v) is 12.3. The molecule has 0 fully saturated rings. The number of carbonyl (C=O) groups is 1. The van der Waals surface area contributed by atoms with Crippen molar-refractivity contribution >= 4 is 40.1 Å². The number of thiocarbonyl (C=S) groups is 1. The summed E-state index contributed by atoms with van der Waals surface area (Å²) in [5.41, 5.74) is 7.07. The molecule has 1 amide bonds. The van der Waals surface area contributed by atoms with Gasteiger partial charge >= 0.3 is 0 Å². The van der Waals surface area contributed by atoms with Crippen molar-refractivity contribution < 1.29 is 9.53 Å². The third kappa shape index (κ3) is 4.64. The Kier molecular flexibility index (Phi) is 5.09. The van der Waals surface area contributed by atoms with E-state index in [9.17, 15) is 4.79 Å². The standard InChI is InChI=1S/C14H14N2O2S2/c15-13(19)8-18-12-3-1-2-11(7-12)16-14(17)6-10-4-5-20-9-10/h1-5,7,9H,6,8H2,(H2,15,19)(H,16,17). The molecule has 0 aliphatic carbocycles. The quantitative estimate of drug-likeness (QED) is 0.805. The van der Waals surface area contributed by atoms with Crippen molar-refractivity contribution in [3.05, 3.63) is 46.7 Å². The van der Waals surface area contributed by atoms with Crippen molar-refractivity contribution in [3.63, 3.8) is 0 Å². The summed E-state index contributed by atoms with van der Waals surface area (Å²) in [6.45, 7) is 0.182. The highest BCUT2D eigenvalue weighted by Gasteiger charge is 2.05. The van der Waals surface area contributed by atoms with Crippen molar-refractivity contribution in [1.82, 2.24) is 0 Å². The Bertz CT molecular complexity index is 597. The van der Waals surface area contributed by atoms with Crippen LogP contribution in [0.25, 0.3) is 0 Å². The van der Waals surface area contributed by atoms with Gasteiger partial charge in [0.1, 0.15) is 17.3 Å². The van der Waals surface area contributed by atoms with Gasteiger partial charge in [-0.2, -0.15) is 11.3 Å². The topological polar surface area (TPSA) is 64.3 Å². The zero-order chi connectivity index (χ0) is 14.4. The highest BCUT2D eigenvalue weighted by atomic mass is 32.1. The lowest BCUT2D eigenvalue weighted by Crippen LogP contribution is -2.18. The summed E-state index contributed by atoms with van der Waals surface area (Å²) in [4.78, 5) is 12.2. The smallest absolute Gasteiger partial charge is 0.228 e. The third-order valence-electron chi connectivity index (χ3n) is 2.44. The van der Waals surface area contributed by atoms with Crippen LogP contribution in [0.3, 0.4) is 0 Å². The number of amides is 1. The summed E-state index contributed by atoms with van der Waals surface area (Å²) in [5.74, 6) is 0.557. The minimum absolute atomic E-state index is 0.0603. The SMILES string of the molecule is NC(=S)COc1cccc(NC(=O)Cc2ccsc2)c1. The van der Waals surface area contributed by atoms with Gasteiger partial charge in [-0.05, 0) is 34.5 Å². The predicted molar refractivity (Wildman–Crippen MR) is 85.4 cm³/mol. The summed E-state index contributed by atoms with van der Waals surface area (Å²) >= 11 is 6.32. The van der Waals surface area contributed by atoms with E-state index >= 15 is 0 Å². The second kappa shape index (κ2) is 7.02. The van der Waals surface area contributed by atoms with Crippen molar-refractivity contribution in [2.75, 3.05) is 11.9 Å². The summed E-state index contributed by atoms with van der Waals surface area (Å²) in [5, 5.41) is 6.74. The molecule has 0 unspecified atom stereocenters. The molecule has 1 heterocycles. The summed E-state index contributed by atoms with van der Waals surface area (Å²) < 4.78 is 5.38. The fourth-order valence-electron chi connectivity index (χ4n) is 1.60.